The highest BCUT2D eigenvalue weighted by Crippen LogP contribution is 2.40. The first-order valence-corrected chi connectivity index (χ1v) is 9.19. The number of aromatic nitrogens is 2. The molecule has 1 aliphatic carbocycles. The van der Waals surface area contributed by atoms with Crippen LogP contribution in [0, 0.1) is 0 Å². The Morgan fingerprint density at radius 1 is 1.20 bits per heavy atom. The molecule has 5 nitrogen and oxygen atoms in total. The van der Waals surface area contributed by atoms with Gasteiger partial charge in [-0.3, -0.25) is 9.67 Å². The van der Waals surface area contributed by atoms with Crippen molar-refractivity contribution in [1.82, 2.24) is 20.4 Å². The van der Waals surface area contributed by atoms with Gasteiger partial charge in [-0.15, -0.1) is 0 Å². The molecule has 3 rings (SSSR count). The third-order valence-corrected chi connectivity index (χ3v) is 5.23. The van der Waals surface area contributed by atoms with Gasteiger partial charge in [-0.25, -0.2) is 0 Å². The van der Waals surface area contributed by atoms with Crippen LogP contribution in [0.5, 0.6) is 0 Å². The molecule has 134 valence electrons. The number of hydrogen-bond acceptors (Lipinski definition) is 2. The Kier molecular flexibility index (Phi) is 5.74. The number of benzene rings is 1. The van der Waals surface area contributed by atoms with Crippen molar-refractivity contribution >= 4 is 5.96 Å². The first-order chi connectivity index (χ1) is 12.2. The molecule has 0 bridgehead atoms. The van der Waals surface area contributed by atoms with Gasteiger partial charge in [0.15, 0.2) is 5.96 Å². The summed E-state index contributed by atoms with van der Waals surface area (Å²) in [4.78, 5) is 4.38. The zero-order chi connectivity index (χ0) is 17.5. The summed E-state index contributed by atoms with van der Waals surface area (Å²) >= 11 is 0. The summed E-state index contributed by atoms with van der Waals surface area (Å²) in [6, 6.07) is 10.9. The minimum atomic E-state index is 0.238. The van der Waals surface area contributed by atoms with E-state index in [2.05, 4.69) is 57.3 Å². The smallest absolute Gasteiger partial charge is 0.191 e. The summed E-state index contributed by atoms with van der Waals surface area (Å²) in [5, 5.41) is 11.2. The molecule has 0 spiro atoms. The van der Waals surface area contributed by atoms with Crippen LogP contribution >= 0.6 is 0 Å². The van der Waals surface area contributed by atoms with E-state index >= 15 is 0 Å². The summed E-state index contributed by atoms with van der Waals surface area (Å²) in [5.41, 5.74) is 2.93. The number of guanidine groups is 1. The molecule has 0 aliphatic heterocycles. The van der Waals surface area contributed by atoms with Crippen LogP contribution in [0.25, 0.3) is 0 Å². The number of hydrogen-bond donors (Lipinski definition) is 2. The van der Waals surface area contributed by atoms with Crippen molar-refractivity contribution in [2.45, 2.75) is 37.5 Å². The maximum atomic E-state index is 4.38. The van der Waals surface area contributed by atoms with Crippen molar-refractivity contribution in [2.75, 3.05) is 20.1 Å². The van der Waals surface area contributed by atoms with Crippen LogP contribution in [0.2, 0.25) is 0 Å². The fourth-order valence-corrected chi connectivity index (χ4v) is 3.81. The van der Waals surface area contributed by atoms with E-state index in [1.54, 1.807) is 0 Å². The molecule has 2 N–H and O–H groups in total. The molecule has 1 fully saturated rings. The number of nitrogens with zero attached hydrogens (tertiary/aromatic N) is 3. The van der Waals surface area contributed by atoms with E-state index in [0.29, 0.717) is 0 Å². The van der Waals surface area contributed by atoms with Gasteiger partial charge in [-0.1, -0.05) is 43.2 Å². The molecule has 0 saturated heterocycles. The molecule has 1 aromatic heterocycles. The maximum absolute atomic E-state index is 4.38. The Labute approximate surface area is 150 Å². The molecule has 25 heavy (non-hydrogen) atoms. The minimum absolute atomic E-state index is 0.238. The number of rotatable bonds is 6. The van der Waals surface area contributed by atoms with Crippen LogP contribution in [0.4, 0.5) is 0 Å². The first kappa shape index (κ1) is 17.5. The van der Waals surface area contributed by atoms with E-state index in [0.717, 1.165) is 25.5 Å². The summed E-state index contributed by atoms with van der Waals surface area (Å²) < 4.78 is 1.84. The van der Waals surface area contributed by atoms with Crippen molar-refractivity contribution in [3.8, 4) is 0 Å². The Morgan fingerprint density at radius 3 is 2.60 bits per heavy atom. The van der Waals surface area contributed by atoms with E-state index in [1.165, 1.54) is 36.8 Å². The minimum Gasteiger partial charge on any atom is -0.356 e. The van der Waals surface area contributed by atoms with Gasteiger partial charge in [-0.05, 0) is 30.4 Å². The second-order valence-electron chi connectivity index (χ2n) is 6.98. The number of aryl methyl sites for hydroxylation is 1. The molecule has 0 atom stereocenters. The quantitative estimate of drug-likeness (QED) is 0.628. The van der Waals surface area contributed by atoms with Crippen molar-refractivity contribution in [1.29, 1.82) is 0 Å². The standard InChI is InChI=1S/C20H29N5/c1-21-19(22-13-10-17-14-24-25(2)15-17)23-16-20(11-6-7-12-20)18-8-4-3-5-9-18/h3-5,8-9,14-15H,6-7,10-13,16H2,1-2H3,(H2,21,22,23). The van der Waals surface area contributed by atoms with Crippen molar-refractivity contribution in [3.05, 3.63) is 53.9 Å². The molecule has 1 aliphatic rings. The normalized spacial score (nSPS) is 16.8. The lowest BCUT2D eigenvalue weighted by Crippen LogP contribution is -2.45. The highest BCUT2D eigenvalue weighted by atomic mass is 15.2. The van der Waals surface area contributed by atoms with Crippen LogP contribution in [-0.4, -0.2) is 35.9 Å². The van der Waals surface area contributed by atoms with E-state index in [1.807, 2.05) is 25.0 Å². The largest absolute Gasteiger partial charge is 0.356 e. The number of nitrogens with one attached hydrogen (secondary N) is 2. The zero-order valence-corrected chi connectivity index (χ0v) is 15.3. The van der Waals surface area contributed by atoms with E-state index in [-0.39, 0.29) is 5.41 Å². The Morgan fingerprint density at radius 2 is 1.96 bits per heavy atom. The van der Waals surface area contributed by atoms with Gasteiger partial charge in [-0.2, -0.15) is 5.10 Å². The van der Waals surface area contributed by atoms with Crippen LogP contribution in [0.1, 0.15) is 36.8 Å². The fraction of sp³-hybridized carbons (Fsp3) is 0.500. The highest BCUT2D eigenvalue weighted by Gasteiger charge is 2.35. The summed E-state index contributed by atoms with van der Waals surface area (Å²) in [7, 11) is 3.78. The lowest BCUT2D eigenvalue weighted by Gasteiger charge is -2.30. The molecule has 1 saturated carbocycles. The van der Waals surface area contributed by atoms with Crippen molar-refractivity contribution in [3.63, 3.8) is 0 Å². The van der Waals surface area contributed by atoms with E-state index in [4.69, 9.17) is 0 Å². The van der Waals surface area contributed by atoms with E-state index in [9.17, 15) is 0 Å². The Balaban J connectivity index is 1.54. The van der Waals surface area contributed by atoms with Gasteiger partial charge >= 0.3 is 0 Å². The predicted molar refractivity (Wildman–Crippen MR) is 103 cm³/mol. The van der Waals surface area contributed by atoms with Gasteiger partial charge in [0, 0.05) is 38.8 Å². The predicted octanol–water partition coefficient (Wildman–Crippen LogP) is 2.64. The lowest BCUT2D eigenvalue weighted by atomic mass is 9.79. The van der Waals surface area contributed by atoms with Crippen LogP contribution < -0.4 is 10.6 Å². The second-order valence-corrected chi connectivity index (χ2v) is 6.98. The van der Waals surface area contributed by atoms with Gasteiger partial charge in [0.2, 0.25) is 0 Å². The number of aliphatic imine (C=N–C) groups is 1. The summed E-state index contributed by atoms with van der Waals surface area (Å²) in [6.45, 7) is 1.79. The summed E-state index contributed by atoms with van der Waals surface area (Å²) in [5.74, 6) is 0.881. The molecular weight excluding hydrogens is 310 g/mol. The van der Waals surface area contributed by atoms with Crippen LogP contribution in [0.3, 0.4) is 0 Å². The third kappa shape index (κ3) is 4.41. The van der Waals surface area contributed by atoms with E-state index < -0.39 is 0 Å². The SMILES string of the molecule is CN=C(NCCc1cnn(C)c1)NCC1(c2ccccc2)CCCC1. The molecule has 1 aromatic carbocycles. The molecule has 0 amide bonds. The molecule has 0 unspecified atom stereocenters. The Bertz CT molecular complexity index is 683. The first-order valence-electron chi connectivity index (χ1n) is 9.19. The van der Waals surface area contributed by atoms with Gasteiger partial charge in [0.05, 0.1) is 6.20 Å². The lowest BCUT2D eigenvalue weighted by molar-refractivity contribution is 0.432. The molecule has 0 radical (unpaired) electrons. The Hall–Kier alpha value is -2.30. The van der Waals surface area contributed by atoms with Crippen LogP contribution in [0.15, 0.2) is 47.7 Å². The fourth-order valence-electron chi connectivity index (χ4n) is 3.81. The highest BCUT2D eigenvalue weighted by molar-refractivity contribution is 5.79. The molecular formula is C20H29N5. The monoisotopic (exact) mass is 339 g/mol. The molecule has 5 heteroatoms. The topological polar surface area (TPSA) is 54.2 Å². The molecule has 1 heterocycles. The summed E-state index contributed by atoms with van der Waals surface area (Å²) in [6.07, 6.45) is 10.0. The van der Waals surface area contributed by atoms with Gasteiger partial charge in [0.25, 0.3) is 0 Å². The van der Waals surface area contributed by atoms with Gasteiger partial charge < -0.3 is 10.6 Å². The maximum Gasteiger partial charge on any atom is 0.191 e. The van der Waals surface area contributed by atoms with Crippen molar-refractivity contribution < 1.29 is 0 Å². The third-order valence-electron chi connectivity index (χ3n) is 5.23. The average molecular weight is 339 g/mol. The van der Waals surface area contributed by atoms with Gasteiger partial charge in [0.1, 0.15) is 0 Å². The van der Waals surface area contributed by atoms with Crippen molar-refractivity contribution in [2.24, 2.45) is 12.0 Å². The average Bonchev–Trinajstić information content (AvgIpc) is 3.28. The second kappa shape index (κ2) is 8.19. The molecule has 2 aromatic rings. The zero-order valence-electron chi connectivity index (χ0n) is 15.3. The van der Waals surface area contributed by atoms with Crippen LogP contribution in [-0.2, 0) is 18.9 Å².